The first kappa shape index (κ1) is 39.3. The molecule has 47 heavy (non-hydrogen) atoms. The number of nitrogens with zero attached hydrogens (tertiary/aromatic N) is 5. The summed E-state index contributed by atoms with van der Waals surface area (Å²) in [6.07, 6.45) is 0.757. The van der Waals surface area contributed by atoms with Crippen molar-refractivity contribution in [2.24, 2.45) is 10.2 Å². The molecule has 0 amide bonds. The number of thiophene rings is 1. The molecule has 1 heterocycles. The van der Waals surface area contributed by atoms with Crippen LogP contribution in [-0.2, 0) is 38.0 Å². The molecule has 0 unspecified atom stereocenters. The van der Waals surface area contributed by atoms with Crippen LogP contribution in [0.3, 0.4) is 0 Å². The van der Waals surface area contributed by atoms with Gasteiger partial charge in [-0.15, -0.1) is 11.3 Å². The van der Waals surface area contributed by atoms with E-state index in [-0.39, 0.29) is 44.0 Å². The normalized spacial score (nSPS) is 11.1. The van der Waals surface area contributed by atoms with Gasteiger partial charge in [-0.1, -0.05) is 0 Å². The number of carbonyl (C=O) groups is 2. The summed E-state index contributed by atoms with van der Waals surface area (Å²) >= 11 is 1.18. The average molecular weight is 672 g/mol. The molecule has 0 aliphatic carbocycles. The zero-order chi connectivity index (χ0) is 34.4. The first-order chi connectivity index (χ1) is 22.7. The summed E-state index contributed by atoms with van der Waals surface area (Å²) in [5.41, 5.74) is 3.71. The Kier molecular flexibility index (Phi) is 18.9. The molecule has 0 radical (unpaired) electrons. The van der Waals surface area contributed by atoms with Crippen LogP contribution in [0.25, 0.3) is 4.85 Å². The number of hydrogen-bond acceptors (Lipinski definition) is 13. The molecule has 0 aliphatic rings. The first-order valence-corrected chi connectivity index (χ1v) is 16.3. The van der Waals surface area contributed by atoms with E-state index in [1.165, 1.54) is 18.4 Å². The van der Waals surface area contributed by atoms with Crippen molar-refractivity contribution in [3.8, 4) is 6.07 Å². The molecule has 2 rings (SSSR count). The lowest BCUT2D eigenvalue weighted by atomic mass is 10.1. The molecule has 0 aliphatic heterocycles. The topological polar surface area (TPSA) is 146 Å². The molecule has 256 valence electrons. The minimum atomic E-state index is -0.367. The van der Waals surface area contributed by atoms with Crippen molar-refractivity contribution in [3.05, 3.63) is 45.6 Å². The standard InChI is InChI=1S/C33H45N5O8S/c1-24(2)38(27-10-11-28(25(3)22-27)36-37-33-32(35-5)26(4)29(23-34)47-33)12-13-42-14-15-43-16-17-44-18-19-45-20-21-46-31(40)9-7-8-30(39)41-6/h10-11,22,24H,7-9,12-21H2,1-4,6H3. The molecule has 0 atom stereocenters. The number of aryl methyl sites for hydroxylation is 1. The summed E-state index contributed by atoms with van der Waals surface area (Å²) in [5.74, 6) is -0.712. The lowest BCUT2D eigenvalue weighted by molar-refractivity contribution is -0.146. The van der Waals surface area contributed by atoms with E-state index >= 15 is 0 Å². The molecule has 1 aromatic carbocycles. The number of methoxy groups -OCH3 is 1. The zero-order valence-electron chi connectivity index (χ0n) is 27.9. The Morgan fingerprint density at radius 2 is 1.53 bits per heavy atom. The maximum Gasteiger partial charge on any atom is 0.305 e. The van der Waals surface area contributed by atoms with E-state index < -0.39 is 0 Å². The molecule has 0 saturated heterocycles. The number of ether oxygens (including phenoxy) is 6. The number of benzene rings is 1. The Bertz CT molecular complexity index is 1380. The minimum absolute atomic E-state index is 0.155. The molecule has 0 spiro atoms. The minimum Gasteiger partial charge on any atom is -0.469 e. The summed E-state index contributed by atoms with van der Waals surface area (Å²) < 4.78 is 31.8. The predicted octanol–water partition coefficient (Wildman–Crippen LogP) is 6.37. The number of anilines is 1. The number of nitriles is 1. The van der Waals surface area contributed by atoms with E-state index in [9.17, 15) is 14.9 Å². The average Bonchev–Trinajstić information content (AvgIpc) is 3.37. The Morgan fingerprint density at radius 1 is 0.936 bits per heavy atom. The van der Waals surface area contributed by atoms with Crippen LogP contribution in [0.15, 0.2) is 28.4 Å². The van der Waals surface area contributed by atoms with E-state index in [4.69, 9.17) is 30.3 Å². The van der Waals surface area contributed by atoms with Gasteiger partial charge in [-0.05, 0) is 63.4 Å². The van der Waals surface area contributed by atoms with Crippen LogP contribution in [0.2, 0.25) is 0 Å². The van der Waals surface area contributed by atoms with Crippen molar-refractivity contribution in [3.63, 3.8) is 0 Å². The van der Waals surface area contributed by atoms with Gasteiger partial charge in [0.15, 0.2) is 0 Å². The van der Waals surface area contributed by atoms with Crippen LogP contribution in [0.5, 0.6) is 0 Å². The highest BCUT2D eigenvalue weighted by molar-refractivity contribution is 7.17. The fraction of sp³-hybridized carbons (Fsp3) is 0.576. The van der Waals surface area contributed by atoms with E-state index in [1.807, 2.05) is 19.1 Å². The monoisotopic (exact) mass is 671 g/mol. The Morgan fingerprint density at radius 3 is 2.09 bits per heavy atom. The van der Waals surface area contributed by atoms with Crippen LogP contribution in [0.4, 0.5) is 22.1 Å². The predicted molar refractivity (Wildman–Crippen MR) is 178 cm³/mol. The van der Waals surface area contributed by atoms with Gasteiger partial charge in [0, 0.05) is 31.1 Å². The van der Waals surface area contributed by atoms with Gasteiger partial charge in [0.2, 0.25) is 5.69 Å². The number of hydrogen-bond donors (Lipinski definition) is 0. The second kappa shape index (κ2) is 22.6. The Labute approximate surface area is 281 Å². The maximum atomic E-state index is 11.6. The van der Waals surface area contributed by atoms with Gasteiger partial charge in [-0.2, -0.15) is 15.5 Å². The van der Waals surface area contributed by atoms with Crippen LogP contribution in [0.1, 0.15) is 49.1 Å². The first-order valence-electron chi connectivity index (χ1n) is 15.4. The molecule has 0 fully saturated rings. The molecule has 1 aromatic heterocycles. The van der Waals surface area contributed by atoms with Crippen molar-refractivity contribution in [1.29, 1.82) is 5.26 Å². The summed E-state index contributed by atoms with van der Waals surface area (Å²) in [4.78, 5) is 28.8. The molecular formula is C33H45N5O8S. The number of rotatable bonds is 23. The van der Waals surface area contributed by atoms with Gasteiger partial charge in [-0.3, -0.25) is 9.59 Å². The highest BCUT2D eigenvalue weighted by atomic mass is 32.1. The molecule has 0 N–H and O–H groups in total. The summed E-state index contributed by atoms with van der Waals surface area (Å²) in [7, 11) is 1.31. The van der Waals surface area contributed by atoms with Gasteiger partial charge in [0.05, 0.1) is 77.1 Å². The lowest BCUT2D eigenvalue weighted by Gasteiger charge is -2.29. The second-order valence-electron chi connectivity index (χ2n) is 10.5. The van der Waals surface area contributed by atoms with Gasteiger partial charge in [0.1, 0.15) is 17.7 Å². The summed E-state index contributed by atoms with van der Waals surface area (Å²) in [5, 5.41) is 18.4. The highest BCUT2D eigenvalue weighted by Crippen LogP contribution is 2.42. The Hall–Kier alpha value is -3.92. The molecule has 13 nitrogen and oxygen atoms in total. The lowest BCUT2D eigenvalue weighted by Crippen LogP contribution is -2.34. The van der Waals surface area contributed by atoms with Gasteiger partial charge in [-0.25, -0.2) is 4.85 Å². The van der Waals surface area contributed by atoms with Crippen molar-refractivity contribution in [2.45, 2.75) is 53.0 Å². The van der Waals surface area contributed by atoms with E-state index in [0.29, 0.717) is 86.0 Å². The van der Waals surface area contributed by atoms with Crippen LogP contribution < -0.4 is 4.90 Å². The van der Waals surface area contributed by atoms with Crippen LogP contribution in [0, 0.1) is 31.8 Å². The molecule has 14 heteroatoms. The SMILES string of the molecule is [C-]#[N+]c1c(N=Nc2ccc(N(CCOCCOCCOCCOCCOC(=O)CCCC(=O)OC)C(C)C)cc2C)sc(C#N)c1C. The van der Waals surface area contributed by atoms with Crippen molar-refractivity contribution >= 4 is 45.3 Å². The molecule has 2 aromatic rings. The van der Waals surface area contributed by atoms with E-state index in [0.717, 1.165) is 11.3 Å². The van der Waals surface area contributed by atoms with Crippen molar-refractivity contribution in [2.75, 3.05) is 78.0 Å². The van der Waals surface area contributed by atoms with Gasteiger partial charge in [0.25, 0.3) is 0 Å². The van der Waals surface area contributed by atoms with E-state index in [1.54, 1.807) is 6.92 Å². The number of carbonyl (C=O) groups excluding carboxylic acids is 2. The molecule has 0 bridgehead atoms. The zero-order valence-corrected chi connectivity index (χ0v) is 28.7. The number of esters is 2. The van der Waals surface area contributed by atoms with Gasteiger partial charge >= 0.3 is 11.9 Å². The fourth-order valence-electron chi connectivity index (χ4n) is 4.20. The Balaban J connectivity index is 1.57. The van der Waals surface area contributed by atoms with Crippen LogP contribution in [-0.4, -0.2) is 91.1 Å². The fourth-order valence-corrected chi connectivity index (χ4v) is 5.07. The van der Waals surface area contributed by atoms with Crippen molar-refractivity contribution in [1.82, 2.24) is 0 Å². The second-order valence-corrected chi connectivity index (χ2v) is 11.5. The highest BCUT2D eigenvalue weighted by Gasteiger charge is 2.16. The molecular weight excluding hydrogens is 626 g/mol. The molecule has 0 saturated carbocycles. The third kappa shape index (κ3) is 14.6. The van der Waals surface area contributed by atoms with E-state index in [2.05, 4.69) is 50.7 Å². The largest absolute Gasteiger partial charge is 0.469 e. The third-order valence-corrected chi connectivity index (χ3v) is 7.84. The summed E-state index contributed by atoms with van der Waals surface area (Å²) in [6.45, 7) is 19.6. The third-order valence-electron chi connectivity index (χ3n) is 6.77. The quantitative estimate of drug-likeness (QED) is 0.0565. The smallest absolute Gasteiger partial charge is 0.305 e. The van der Waals surface area contributed by atoms with Crippen LogP contribution >= 0.6 is 11.3 Å². The van der Waals surface area contributed by atoms with Crippen molar-refractivity contribution < 1.29 is 38.0 Å². The summed E-state index contributed by atoms with van der Waals surface area (Å²) in [6, 6.07) is 8.33. The van der Waals surface area contributed by atoms with Gasteiger partial charge < -0.3 is 33.3 Å². The maximum absolute atomic E-state index is 11.6. The number of azo groups is 1.